The van der Waals surface area contributed by atoms with Crippen LogP contribution in [0.4, 0.5) is 4.79 Å². The van der Waals surface area contributed by atoms with Gasteiger partial charge in [0.05, 0.1) is 5.75 Å². The molecule has 26 heavy (non-hydrogen) atoms. The van der Waals surface area contributed by atoms with E-state index in [2.05, 4.69) is 5.32 Å². The lowest BCUT2D eigenvalue weighted by atomic mass is 10.1. The van der Waals surface area contributed by atoms with Crippen molar-refractivity contribution in [1.29, 1.82) is 0 Å². The van der Waals surface area contributed by atoms with Gasteiger partial charge in [-0.15, -0.1) is 11.3 Å². The topological polar surface area (TPSA) is 92.8 Å². The maximum absolute atomic E-state index is 12.2. The van der Waals surface area contributed by atoms with Crippen molar-refractivity contribution in [2.45, 2.75) is 6.92 Å². The summed E-state index contributed by atoms with van der Waals surface area (Å²) in [6.07, 6.45) is 0. The Hall–Kier alpha value is -2.39. The van der Waals surface area contributed by atoms with Gasteiger partial charge in [0.1, 0.15) is 4.88 Å². The maximum atomic E-state index is 12.2. The van der Waals surface area contributed by atoms with Crippen LogP contribution in [0, 0.1) is 6.92 Å². The molecule has 1 aromatic carbocycles. The Balaban J connectivity index is 1.48. The smallest absolute Gasteiger partial charge is 0.349 e. The third kappa shape index (κ3) is 3.88. The Labute approximate surface area is 157 Å². The summed E-state index contributed by atoms with van der Waals surface area (Å²) in [5, 5.41) is 3.21. The van der Waals surface area contributed by atoms with Crippen LogP contribution >= 0.6 is 23.1 Å². The Morgan fingerprint density at radius 3 is 2.73 bits per heavy atom. The van der Waals surface area contributed by atoms with E-state index >= 15 is 0 Å². The highest BCUT2D eigenvalue weighted by atomic mass is 32.2. The maximum Gasteiger partial charge on any atom is 0.349 e. The van der Waals surface area contributed by atoms with Gasteiger partial charge in [0.15, 0.2) is 6.61 Å². The second-order valence-corrected chi connectivity index (χ2v) is 7.56. The second-order valence-electron chi connectivity index (χ2n) is 5.58. The molecule has 0 aliphatic carbocycles. The fourth-order valence-electron chi connectivity index (χ4n) is 2.52. The summed E-state index contributed by atoms with van der Waals surface area (Å²) < 4.78 is 6.06. The lowest BCUT2D eigenvalue weighted by Crippen LogP contribution is -2.38. The zero-order valence-electron chi connectivity index (χ0n) is 13.9. The van der Waals surface area contributed by atoms with Crippen molar-refractivity contribution < 1.29 is 23.9 Å². The number of hydrogen-bond acceptors (Lipinski definition) is 7. The Morgan fingerprint density at radius 1 is 1.27 bits per heavy atom. The molecule has 1 aliphatic heterocycles. The molecule has 3 rings (SSSR count). The first-order chi connectivity index (χ1) is 12.5. The summed E-state index contributed by atoms with van der Waals surface area (Å²) in [6, 6.07) is 7.66. The number of imide groups is 1. The van der Waals surface area contributed by atoms with Gasteiger partial charge in [-0.05, 0) is 23.9 Å². The van der Waals surface area contributed by atoms with Crippen LogP contribution in [0.25, 0.3) is 10.1 Å². The molecule has 1 N–H and O–H groups in total. The minimum atomic E-state index is -0.542. The van der Waals surface area contributed by atoms with Gasteiger partial charge >= 0.3 is 5.97 Å². The van der Waals surface area contributed by atoms with Gasteiger partial charge in [-0.25, -0.2) is 4.79 Å². The standard InChI is InChI=1S/C17H16N2O5S2/c1-10-11-4-2-3-5-12(11)26-15(10)16(22)24-8-13(20)18-6-7-19-14(21)9-25-17(19)23/h2-5H,6-9H2,1H3,(H,18,20). The quantitative estimate of drug-likeness (QED) is 0.758. The lowest BCUT2D eigenvalue weighted by Gasteiger charge is -2.13. The fraction of sp³-hybridized carbons (Fsp3) is 0.294. The molecule has 1 fully saturated rings. The monoisotopic (exact) mass is 392 g/mol. The summed E-state index contributed by atoms with van der Waals surface area (Å²) in [6.45, 7) is 1.66. The van der Waals surface area contributed by atoms with E-state index in [1.807, 2.05) is 31.2 Å². The van der Waals surface area contributed by atoms with Crippen LogP contribution in [0.15, 0.2) is 24.3 Å². The molecule has 7 nitrogen and oxygen atoms in total. The van der Waals surface area contributed by atoms with Crippen molar-refractivity contribution in [2.75, 3.05) is 25.4 Å². The Kier molecular flexibility index (Phi) is 5.58. The van der Waals surface area contributed by atoms with Crippen LogP contribution in [-0.4, -0.2) is 53.4 Å². The molecule has 9 heteroatoms. The number of rotatable bonds is 6. The van der Waals surface area contributed by atoms with Crippen LogP contribution in [0.3, 0.4) is 0 Å². The molecular weight excluding hydrogens is 376 g/mol. The van der Waals surface area contributed by atoms with Crippen LogP contribution in [-0.2, 0) is 14.3 Å². The summed E-state index contributed by atoms with van der Waals surface area (Å²) >= 11 is 2.27. The van der Waals surface area contributed by atoms with Crippen molar-refractivity contribution in [2.24, 2.45) is 0 Å². The van der Waals surface area contributed by atoms with Crippen molar-refractivity contribution in [3.63, 3.8) is 0 Å². The highest BCUT2D eigenvalue weighted by Gasteiger charge is 2.29. The second kappa shape index (κ2) is 7.88. The van der Waals surface area contributed by atoms with Crippen molar-refractivity contribution in [3.8, 4) is 0 Å². The first-order valence-corrected chi connectivity index (χ1v) is 9.66. The molecule has 0 spiro atoms. The summed E-state index contributed by atoms with van der Waals surface area (Å²) in [7, 11) is 0. The van der Waals surface area contributed by atoms with Crippen molar-refractivity contribution in [1.82, 2.24) is 10.2 Å². The van der Waals surface area contributed by atoms with Crippen molar-refractivity contribution >= 4 is 56.2 Å². The molecule has 0 radical (unpaired) electrons. The van der Waals surface area contributed by atoms with Gasteiger partial charge in [-0.2, -0.15) is 0 Å². The molecular formula is C17H16N2O5S2. The number of esters is 1. The first kappa shape index (κ1) is 18.4. The van der Waals surface area contributed by atoms with Gasteiger partial charge in [-0.3, -0.25) is 19.3 Å². The number of ether oxygens (including phenoxy) is 1. The summed E-state index contributed by atoms with van der Waals surface area (Å²) in [5.74, 6) is -1.15. The zero-order chi connectivity index (χ0) is 18.7. The van der Waals surface area contributed by atoms with Gasteiger partial charge in [-0.1, -0.05) is 30.0 Å². The predicted molar refractivity (Wildman–Crippen MR) is 99.4 cm³/mol. The SMILES string of the molecule is Cc1c(C(=O)OCC(=O)NCCN2C(=O)CSC2=O)sc2ccccc12. The number of carbonyl (C=O) groups excluding carboxylic acids is 4. The molecule has 1 aromatic heterocycles. The number of hydrogen-bond donors (Lipinski definition) is 1. The number of benzene rings is 1. The number of aryl methyl sites for hydroxylation is 1. The van der Waals surface area contributed by atoms with E-state index in [0.29, 0.717) is 4.88 Å². The highest BCUT2D eigenvalue weighted by Crippen LogP contribution is 2.30. The Morgan fingerprint density at radius 2 is 2.04 bits per heavy atom. The molecule has 0 bridgehead atoms. The lowest BCUT2D eigenvalue weighted by molar-refractivity contribution is -0.126. The minimum absolute atomic E-state index is 0.111. The molecule has 0 atom stereocenters. The number of fused-ring (bicyclic) bond motifs is 1. The number of thiophene rings is 1. The van der Waals surface area contributed by atoms with E-state index in [1.165, 1.54) is 11.3 Å². The normalized spacial score (nSPS) is 14.1. The summed E-state index contributed by atoms with van der Waals surface area (Å²) in [5.41, 5.74) is 0.833. The van der Waals surface area contributed by atoms with E-state index in [-0.39, 0.29) is 30.0 Å². The third-order valence-electron chi connectivity index (χ3n) is 3.86. The molecule has 2 aromatic rings. The molecule has 1 aliphatic rings. The van der Waals surface area contributed by atoms with Crippen LogP contribution in [0.5, 0.6) is 0 Å². The van der Waals surface area contributed by atoms with E-state index in [4.69, 9.17) is 4.74 Å². The number of carbonyl (C=O) groups is 4. The number of amides is 3. The van der Waals surface area contributed by atoms with E-state index in [1.54, 1.807) is 0 Å². The fourth-order valence-corrected chi connectivity index (χ4v) is 4.38. The minimum Gasteiger partial charge on any atom is -0.451 e. The van der Waals surface area contributed by atoms with E-state index in [9.17, 15) is 19.2 Å². The van der Waals surface area contributed by atoms with Crippen LogP contribution in [0.2, 0.25) is 0 Å². The largest absolute Gasteiger partial charge is 0.451 e. The zero-order valence-corrected chi connectivity index (χ0v) is 15.6. The molecule has 136 valence electrons. The molecule has 2 heterocycles. The third-order valence-corrected chi connectivity index (χ3v) is 5.97. The highest BCUT2D eigenvalue weighted by molar-refractivity contribution is 8.14. The van der Waals surface area contributed by atoms with Crippen LogP contribution in [0.1, 0.15) is 15.2 Å². The average Bonchev–Trinajstić information content (AvgIpc) is 3.14. The molecule has 0 saturated carbocycles. The number of nitrogens with zero attached hydrogens (tertiary/aromatic N) is 1. The molecule has 0 unspecified atom stereocenters. The Bertz CT molecular complexity index is 876. The van der Waals surface area contributed by atoms with Gasteiger partial charge in [0, 0.05) is 17.8 Å². The summed E-state index contributed by atoms with van der Waals surface area (Å²) in [4.78, 5) is 48.4. The van der Waals surface area contributed by atoms with Gasteiger partial charge < -0.3 is 10.1 Å². The molecule has 3 amide bonds. The number of nitrogens with one attached hydrogen (secondary N) is 1. The predicted octanol–water partition coefficient (Wildman–Crippen LogP) is 2.18. The molecule has 1 saturated heterocycles. The number of thioether (sulfide) groups is 1. The average molecular weight is 392 g/mol. The van der Waals surface area contributed by atoms with E-state index in [0.717, 1.165) is 32.3 Å². The first-order valence-electron chi connectivity index (χ1n) is 7.86. The van der Waals surface area contributed by atoms with E-state index < -0.39 is 18.5 Å². The van der Waals surface area contributed by atoms with Crippen molar-refractivity contribution in [3.05, 3.63) is 34.7 Å². The van der Waals surface area contributed by atoms with Crippen LogP contribution < -0.4 is 5.32 Å². The van der Waals surface area contributed by atoms with Gasteiger partial charge in [0.25, 0.3) is 11.1 Å². The van der Waals surface area contributed by atoms with Gasteiger partial charge in [0.2, 0.25) is 5.91 Å².